The first-order valence-corrected chi connectivity index (χ1v) is 7.94. The zero-order chi connectivity index (χ0) is 17.4. The van der Waals surface area contributed by atoms with Crippen LogP contribution in [0.25, 0.3) is 0 Å². The summed E-state index contributed by atoms with van der Waals surface area (Å²) in [5, 5.41) is 3.23. The predicted molar refractivity (Wildman–Crippen MR) is 93.0 cm³/mol. The number of rotatable bonds is 8. The number of nitrogens with one attached hydrogen (secondary N) is 1. The highest BCUT2D eigenvalue weighted by Crippen LogP contribution is 2.25. The molecule has 1 unspecified atom stereocenters. The molecule has 24 heavy (non-hydrogen) atoms. The van der Waals surface area contributed by atoms with Crippen molar-refractivity contribution in [2.75, 3.05) is 20.3 Å². The molecule has 0 aliphatic carbocycles. The molecule has 0 radical (unpaired) electrons. The lowest BCUT2D eigenvalue weighted by Gasteiger charge is -2.16. The number of halogens is 1. The van der Waals surface area contributed by atoms with Crippen LogP contribution in [0.5, 0.6) is 17.2 Å². The summed E-state index contributed by atoms with van der Waals surface area (Å²) in [6.45, 7) is 2.35. The number of amides is 1. The largest absolute Gasteiger partial charge is 0.493 e. The molecule has 128 valence electrons. The van der Waals surface area contributed by atoms with Crippen molar-refractivity contribution in [3.63, 3.8) is 0 Å². The molecule has 1 amide bonds. The summed E-state index contributed by atoms with van der Waals surface area (Å²) in [6.07, 6.45) is -0.656. The van der Waals surface area contributed by atoms with Crippen molar-refractivity contribution in [3.05, 3.63) is 53.6 Å². The predicted octanol–water partition coefficient (Wildman–Crippen LogP) is 3.31. The Morgan fingerprint density at radius 3 is 2.38 bits per heavy atom. The molecule has 1 N–H and O–H groups in total. The van der Waals surface area contributed by atoms with Gasteiger partial charge < -0.3 is 19.5 Å². The number of para-hydroxylation sites is 3. The molecule has 0 saturated carbocycles. The van der Waals surface area contributed by atoms with E-state index in [4.69, 9.17) is 25.8 Å². The molecule has 2 aromatic carbocycles. The molecule has 2 rings (SSSR count). The maximum Gasteiger partial charge on any atom is 0.260 e. The maximum absolute atomic E-state index is 12.0. The molecule has 0 bridgehead atoms. The molecule has 0 aliphatic rings. The minimum Gasteiger partial charge on any atom is -0.493 e. The number of ether oxygens (including phenoxy) is 3. The fourth-order valence-corrected chi connectivity index (χ4v) is 2.18. The maximum atomic E-state index is 12.0. The summed E-state index contributed by atoms with van der Waals surface area (Å²) in [7, 11) is 1.58. The Labute approximate surface area is 146 Å². The summed E-state index contributed by atoms with van der Waals surface area (Å²) in [5.74, 6) is 1.53. The van der Waals surface area contributed by atoms with Crippen molar-refractivity contribution in [1.82, 2.24) is 5.32 Å². The van der Waals surface area contributed by atoms with E-state index in [2.05, 4.69) is 5.32 Å². The van der Waals surface area contributed by atoms with Crippen LogP contribution in [0.4, 0.5) is 0 Å². The quantitative estimate of drug-likeness (QED) is 0.743. The highest BCUT2D eigenvalue weighted by molar-refractivity contribution is 6.32. The lowest BCUT2D eigenvalue weighted by molar-refractivity contribution is -0.127. The zero-order valence-electron chi connectivity index (χ0n) is 13.6. The summed E-state index contributed by atoms with van der Waals surface area (Å²) >= 11 is 6.01. The lowest BCUT2D eigenvalue weighted by Crippen LogP contribution is -2.38. The monoisotopic (exact) mass is 349 g/mol. The fourth-order valence-electron chi connectivity index (χ4n) is 2.00. The van der Waals surface area contributed by atoms with Crippen molar-refractivity contribution < 1.29 is 19.0 Å². The smallest absolute Gasteiger partial charge is 0.260 e. The van der Waals surface area contributed by atoms with Crippen molar-refractivity contribution >= 4 is 17.5 Å². The minimum absolute atomic E-state index is 0.237. The molecular weight excluding hydrogens is 330 g/mol. The molecule has 0 saturated heterocycles. The van der Waals surface area contributed by atoms with Crippen LogP contribution in [0, 0.1) is 0 Å². The standard InChI is InChI=1S/C18H20ClNO4/c1-13(24-15-8-4-3-7-14(15)19)18(21)20-11-12-23-17-10-6-5-9-16(17)22-2/h3-10,13H,11-12H2,1-2H3,(H,20,21). The molecule has 1 atom stereocenters. The van der Waals surface area contributed by atoms with Gasteiger partial charge in [0, 0.05) is 0 Å². The van der Waals surface area contributed by atoms with Gasteiger partial charge >= 0.3 is 0 Å². The van der Waals surface area contributed by atoms with Crippen molar-refractivity contribution in [2.45, 2.75) is 13.0 Å². The van der Waals surface area contributed by atoms with Gasteiger partial charge in [-0.3, -0.25) is 4.79 Å². The Kier molecular flexibility index (Phi) is 6.75. The molecule has 0 fully saturated rings. The Morgan fingerprint density at radius 1 is 1.08 bits per heavy atom. The van der Waals surface area contributed by atoms with Crippen LogP contribution in [0.15, 0.2) is 48.5 Å². The molecular formula is C18H20ClNO4. The third-order valence-electron chi connectivity index (χ3n) is 3.24. The number of carbonyl (C=O) groups is 1. The zero-order valence-corrected chi connectivity index (χ0v) is 14.4. The van der Waals surface area contributed by atoms with Gasteiger partial charge in [-0.25, -0.2) is 0 Å². The summed E-state index contributed by atoms with van der Waals surface area (Å²) < 4.78 is 16.3. The first-order valence-electron chi connectivity index (χ1n) is 7.56. The summed E-state index contributed by atoms with van der Waals surface area (Å²) in [6, 6.07) is 14.4. The van der Waals surface area contributed by atoms with Gasteiger partial charge in [-0.2, -0.15) is 0 Å². The summed E-state index contributed by atoms with van der Waals surface area (Å²) in [4.78, 5) is 12.0. The van der Waals surface area contributed by atoms with Gasteiger partial charge in [-0.15, -0.1) is 0 Å². The van der Waals surface area contributed by atoms with E-state index in [0.717, 1.165) is 0 Å². The van der Waals surface area contributed by atoms with Crippen LogP contribution < -0.4 is 19.5 Å². The molecule has 6 heteroatoms. The molecule has 0 aromatic heterocycles. The Bertz CT molecular complexity index is 678. The molecule has 0 spiro atoms. The first kappa shape index (κ1) is 17.9. The van der Waals surface area contributed by atoms with Gasteiger partial charge in [-0.1, -0.05) is 35.9 Å². The molecule has 5 nitrogen and oxygen atoms in total. The van der Waals surface area contributed by atoms with Gasteiger partial charge in [0.15, 0.2) is 17.6 Å². The van der Waals surface area contributed by atoms with E-state index < -0.39 is 6.10 Å². The number of carbonyl (C=O) groups excluding carboxylic acids is 1. The van der Waals surface area contributed by atoms with Crippen LogP contribution in [-0.4, -0.2) is 32.3 Å². The van der Waals surface area contributed by atoms with Gasteiger partial charge in [0.05, 0.1) is 18.7 Å². The second kappa shape index (κ2) is 9.03. The summed E-state index contributed by atoms with van der Waals surface area (Å²) in [5.41, 5.74) is 0. The van der Waals surface area contributed by atoms with E-state index in [0.29, 0.717) is 35.4 Å². The van der Waals surface area contributed by atoms with Crippen LogP contribution in [0.2, 0.25) is 5.02 Å². The molecule has 2 aromatic rings. The van der Waals surface area contributed by atoms with E-state index in [9.17, 15) is 4.79 Å². The molecule has 0 heterocycles. The van der Waals surface area contributed by atoms with Crippen molar-refractivity contribution in [3.8, 4) is 17.2 Å². The second-order valence-electron chi connectivity index (χ2n) is 4.98. The van der Waals surface area contributed by atoms with E-state index in [1.165, 1.54) is 0 Å². The van der Waals surface area contributed by atoms with Crippen LogP contribution in [0.1, 0.15) is 6.92 Å². The third-order valence-corrected chi connectivity index (χ3v) is 3.55. The average molecular weight is 350 g/mol. The lowest BCUT2D eigenvalue weighted by atomic mass is 10.3. The van der Waals surface area contributed by atoms with Crippen LogP contribution in [-0.2, 0) is 4.79 Å². The first-order chi connectivity index (χ1) is 11.6. The Morgan fingerprint density at radius 2 is 1.71 bits per heavy atom. The minimum atomic E-state index is -0.656. The fraction of sp³-hybridized carbons (Fsp3) is 0.278. The number of hydrogen-bond donors (Lipinski definition) is 1. The molecule has 0 aliphatic heterocycles. The topological polar surface area (TPSA) is 56.8 Å². The number of benzene rings is 2. The van der Waals surface area contributed by atoms with Crippen molar-refractivity contribution in [2.24, 2.45) is 0 Å². The second-order valence-corrected chi connectivity index (χ2v) is 5.39. The highest BCUT2D eigenvalue weighted by Gasteiger charge is 2.15. The Hall–Kier alpha value is -2.40. The van der Waals surface area contributed by atoms with E-state index in [1.54, 1.807) is 38.3 Å². The van der Waals surface area contributed by atoms with Crippen LogP contribution in [0.3, 0.4) is 0 Å². The van der Waals surface area contributed by atoms with Gasteiger partial charge in [0.1, 0.15) is 12.4 Å². The SMILES string of the molecule is COc1ccccc1OCCNC(=O)C(C)Oc1ccccc1Cl. The van der Waals surface area contributed by atoms with Crippen molar-refractivity contribution in [1.29, 1.82) is 0 Å². The Balaban J connectivity index is 1.75. The van der Waals surface area contributed by atoms with Crippen LogP contribution >= 0.6 is 11.6 Å². The van der Waals surface area contributed by atoms with E-state index in [-0.39, 0.29) is 5.91 Å². The van der Waals surface area contributed by atoms with E-state index in [1.807, 2.05) is 24.3 Å². The normalized spacial score (nSPS) is 11.5. The van der Waals surface area contributed by atoms with Gasteiger partial charge in [0.25, 0.3) is 5.91 Å². The average Bonchev–Trinajstić information content (AvgIpc) is 2.60. The van der Waals surface area contributed by atoms with Gasteiger partial charge in [0.2, 0.25) is 0 Å². The highest BCUT2D eigenvalue weighted by atomic mass is 35.5. The van der Waals surface area contributed by atoms with Gasteiger partial charge in [-0.05, 0) is 31.2 Å². The third kappa shape index (κ3) is 5.06. The van der Waals surface area contributed by atoms with E-state index >= 15 is 0 Å². The number of hydrogen-bond acceptors (Lipinski definition) is 4. The number of methoxy groups -OCH3 is 1.